The fraction of sp³-hybridized carbons (Fsp3) is 0.364. The number of pyridine rings is 1. The molecule has 1 heterocycles. The van der Waals surface area contributed by atoms with Crippen LogP contribution in [0.1, 0.15) is 11.3 Å². The molecule has 1 aromatic rings. The number of hydrogen-bond acceptors (Lipinski definition) is 3. The molecule has 0 unspecified atom stereocenters. The Kier molecular flexibility index (Phi) is 4.70. The van der Waals surface area contributed by atoms with Crippen LogP contribution in [0.3, 0.4) is 0 Å². The monoisotopic (exact) mass is 189 g/mol. The Morgan fingerprint density at radius 1 is 1.50 bits per heavy atom. The van der Waals surface area contributed by atoms with Crippen LogP contribution < -0.4 is 11.1 Å². The lowest BCUT2D eigenvalue weighted by Gasteiger charge is -2.03. The Morgan fingerprint density at radius 3 is 2.93 bits per heavy atom. The summed E-state index contributed by atoms with van der Waals surface area (Å²) in [6, 6.07) is 3.99. The lowest BCUT2D eigenvalue weighted by molar-refractivity contribution is 0.692. The molecule has 0 atom stereocenters. The van der Waals surface area contributed by atoms with Crippen LogP contribution >= 0.6 is 0 Å². The Labute approximate surface area is 84.7 Å². The molecule has 0 radical (unpaired) electrons. The molecule has 0 saturated heterocycles. The summed E-state index contributed by atoms with van der Waals surface area (Å²) in [6.07, 6.45) is 7.62. The van der Waals surface area contributed by atoms with Crippen molar-refractivity contribution in [2.24, 2.45) is 5.73 Å². The molecular weight excluding hydrogens is 174 g/mol. The summed E-state index contributed by atoms with van der Waals surface area (Å²) < 4.78 is 0. The van der Waals surface area contributed by atoms with Crippen molar-refractivity contribution in [2.75, 3.05) is 13.1 Å². The van der Waals surface area contributed by atoms with Crippen molar-refractivity contribution in [2.45, 2.75) is 13.0 Å². The van der Waals surface area contributed by atoms with Gasteiger partial charge < -0.3 is 11.1 Å². The first-order chi connectivity index (χ1) is 6.86. The summed E-state index contributed by atoms with van der Waals surface area (Å²) in [5, 5.41) is 3.20. The van der Waals surface area contributed by atoms with E-state index in [-0.39, 0.29) is 0 Å². The van der Waals surface area contributed by atoms with Gasteiger partial charge in [0.15, 0.2) is 0 Å². The summed E-state index contributed by atoms with van der Waals surface area (Å²) in [6.45, 7) is 2.29. The number of aromatic nitrogens is 1. The predicted molar refractivity (Wildman–Crippen MR) is 57.5 cm³/mol. The minimum absolute atomic E-state index is 0.594. The molecule has 0 aliphatic carbocycles. The fourth-order valence-electron chi connectivity index (χ4n) is 1.10. The first kappa shape index (κ1) is 10.7. The molecule has 74 valence electrons. The zero-order valence-electron chi connectivity index (χ0n) is 8.16. The number of nitrogens with zero attached hydrogens (tertiary/aromatic N) is 1. The van der Waals surface area contributed by atoms with Gasteiger partial charge in [-0.3, -0.25) is 4.98 Å². The van der Waals surface area contributed by atoms with Gasteiger partial charge in [0.25, 0.3) is 0 Å². The van der Waals surface area contributed by atoms with Gasteiger partial charge in [-0.15, -0.1) is 12.3 Å². The summed E-state index contributed by atoms with van der Waals surface area (Å²) >= 11 is 0. The Balaban J connectivity index is 2.43. The molecule has 0 aliphatic rings. The topological polar surface area (TPSA) is 50.9 Å². The third-order valence-corrected chi connectivity index (χ3v) is 1.82. The van der Waals surface area contributed by atoms with E-state index < -0.39 is 0 Å². The van der Waals surface area contributed by atoms with Gasteiger partial charge in [0.05, 0.1) is 12.1 Å². The van der Waals surface area contributed by atoms with Crippen molar-refractivity contribution in [1.29, 1.82) is 0 Å². The highest BCUT2D eigenvalue weighted by atomic mass is 14.9. The fourth-order valence-corrected chi connectivity index (χ4v) is 1.10. The molecule has 3 N–H and O–H groups in total. The lowest BCUT2D eigenvalue weighted by Crippen LogP contribution is -2.21. The van der Waals surface area contributed by atoms with Crippen LogP contribution in [0.4, 0.5) is 0 Å². The van der Waals surface area contributed by atoms with E-state index in [4.69, 9.17) is 12.2 Å². The summed E-state index contributed by atoms with van der Waals surface area (Å²) in [5.41, 5.74) is 7.45. The lowest BCUT2D eigenvalue weighted by atomic mass is 10.2. The van der Waals surface area contributed by atoms with E-state index in [1.54, 1.807) is 0 Å². The highest BCUT2D eigenvalue weighted by Gasteiger charge is 1.94. The standard InChI is InChI=1S/C11H15N3/c1-2-3-11-5-4-10(9-14-11)8-13-7-6-12/h1,4-5,9,13H,3,6-8,12H2. The molecule has 0 amide bonds. The third kappa shape index (κ3) is 3.56. The molecule has 3 heteroatoms. The van der Waals surface area contributed by atoms with Crippen LogP contribution in [0.15, 0.2) is 18.3 Å². The SMILES string of the molecule is C#CCc1ccc(CNCCN)cn1. The van der Waals surface area contributed by atoms with Crippen LogP contribution in [-0.4, -0.2) is 18.1 Å². The Hall–Kier alpha value is -1.37. The second kappa shape index (κ2) is 6.14. The normalized spacial score (nSPS) is 9.71. The third-order valence-electron chi connectivity index (χ3n) is 1.82. The van der Waals surface area contributed by atoms with Gasteiger partial charge in [-0.05, 0) is 11.6 Å². The molecule has 0 fully saturated rings. The van der Waals surface area contributed by atoms with Crippen molar-refractivity contribution in [3.8, 4) is 12.3 Å². The van der Waals surface area contributed by atoms with E-state index in [0.29, 0.717) is 13.0 Å². The van der Waals surface area contributed by atoms with Crippen molar-refractivity contribution in [3.63, 3.8) is 0 Å². The van der Waals surface area contributed by atoms with E-state index in [0.717, 1.165) is 24.3 Å². The first-order valence-corrected chi connectivity index (χ1v) is 4.65. The number of hydrogen-bond donors (Lipinski definition) is 2. The maximum Gasteiger partial charge on any atom is 0.0522 e. The summed E-state index contributed by atoms with van der Waals surface area (Å²) in [5.74, 6) is 2.56. The molecule has 1 rings (SSSR count). The van der Waals surface area contributed by atoms with E-state index >= 15 is 0 Å². The molecule has 1 aromatic heterocycles. The molecule has 0 saturated carbocycles. The first-order valence-electron chi connectivity index (χ1n) is 4.65. The largest absolute Gasteiger partial charge is 0.329 e. The smallest absolute Gasteiger partial charge is 0.0522 e. The van der Waals surface area contributed by atoms with E-state index in [1.807, 2.05) is 18.3 Å². The zero-order valence-corrected chi connectivity index (χ0v) is 8.16. The number of nitrogens with two attached hydrogens (primary N) is 1. The molecule has 0 spiro atoms. The number of terminal acetylenes is 1. The molecule has 14 heavy (non-hydrogen) atoms. The molecule has 3 nitrogen and oxygen atoms in total. The Bertz CT molecular complexity index is 297. The zero-order chi connectivity index (χ0) is 10.2. The van der Waals surface area contributed by atoms with E-state index in [9.17, 15) is 0 Å². The van der Waals surface area contributed by atoms with Crippen molar-refractivity contribution < 1.29 is 0 Å². The van der Waals surface area contributed by atoms with Gasteiger partial charge >= 0.3 is 0 Å². The molecular formula is C11H15N3. The highest BCUT2D eigenvalue weighted by Crippen LogP contribution is 2.00. The summed E-state index contributed by atoms with van der Waals surface area (Å²) in [4.78, 5) is 4.23. The second-order valence-electron chi connectivity index (χ2n) is 3.00. The van der Waals surface area contributed by atoms with Crippen molar-refractivity contribution >= 4 is 0 Å². The highest BCUT2D eigenvalue weighted by molar-refractivity contribution is 5.16. The van der Waals surface area contributed by atoms with Crippen LogP contribution in [-0.2, 0) is 13.0 Å². The Morgan fingerprint density at radius 2 is 2.36 bits per heavy atom. The van der Waals surface area contributed by atoms with Gasteiger partial charge in [0.2, 0.25) is 0 Å². The summed E-state index contributed by atoms with van der Waals surface area (Å²) in [7, 11) is 0. The average molecular weight is 189 g/mol. The molecule has 0 aliphatic heterocycles. The molecule has 0 aromatic carbocycles. The van der Waals surface area contributed by atoms with Gasteiger partial charge in [-0.25, -0.2) is 0 Å². The average Bonchev–Trinajstić information content (AvgIpc) is 2.21. The van der Waals surface area contributed by atoms with Crippen LogP contribution in [0.5, 0.6) is 0 Å². The van der Waals surface area contributed by atoms with Gasteiger partial charge in [0.1, 0.15) is 0 Å². The van der Waals surface area contributed by atoms with Crippen LogP contribution in [0.2, 0.25) is 0 Å². The quantitative estimate of drug-likeness (QED) is 0.517. The van der Waals surface area contributed by atoms with E-state index in [1.165, 1.54) is 0 Å². The van der Waals surface area contributed by atoms with Crippen molar-refractivity contribution in [3.05, 3.63) is 29.6 Å². The second-order valence-corrected chi connectivity index (χ2v) is 3.00. The van der Waals surface area contributed by atoms with Gasteiger partial charge in [0, 0.05) is 25.8 Å². The number of rotatable bonds is 5. The van der Waals surface area contributed by atoms with E-state index in [2.05, 4.69) is 16.2 Å². The van der Waals surface area contributed by atoms with Crippen molar-refractivity contribution in [1.82, 2.24) is 10.3 Å². The minimum atomic E-state index is 0.594. The van der Waals surface area contributed by atoms with Crippen LogP contribution in [0, 0.1) is 12.3 Å². The van der Waals surface area contributed by atoms with Gasteiger partial charge in [-0.2, -0.15) is 0 Å². The predicted octanol–water partition coefficient (Wildman–Crippen LogP) is 0.306. The maximum atomic E-state index is 5.36. The van der Waals surface area contributed by atoms with Crippen LogP contribution in [0.25, 0.3) is 0 Å². The maximum absolute atomic E-state index is 5.36. The molecule has 0 bridgehead atoms. The minimum Gasteiger partial charge on any atom is -0.329 e. The number of nitrogens with one attached hydrogen (secondary N) is 1. The van der Waals surface area contributed by atoms with Gasteiger partial charge in [-0.1, -0.05) is 6.07 Å².